The van der Waals surface area contributed by atoms with Crippen LogP contribution in [-0.4, -0.2) is 86.0 Å². The molecule has 2 rings (SSSR count). The Morgan fingerprint density at radius 1 is 0.935 bits per heavy atom. The third-order valence-electron chi connectivity index (χ3n) is 4.05. The number of rotatable bonds is 8. The van der Waals surface area contributed by atoms with E-state index in [1.807, 2.05) is 30.3 Å². The first kappa shape index (κ1) is 25.4. The third kappa shape index (κ3) is 8.27. The number of amides is 1. The Kier molecular flexibility index (Phi) is 9.99. The summed E-state index contributed by atoms with van der Waals surface area (Å²) >= 11 is -0.0772. The topological polar surface area (TPSA) is 117 Å². The van der Waals surface area contributed by atoms with Crippen LogP contribution in [0.5, 0.6) is 0 Å². The minimum absolute atomic E-state index is 0.0523. The molecule has 0 bridgehead atoms. The average molecular weight is 565 g/mol. The number of hydrogen-bond donors (Lipinski definition) is 1. The molecule has 1 amide bonds. The van der Waals surface area contributed by atoms with Crippen molar-refractivity contribution in [3.05, 3.63) is 30.3 Å². The van der Waals surface area contributed by atoms with Crippen molar-refractivity contribution in [3.63, 3.8) is 0 Å². The first-order valence-electron chi connectivity index (χ1n) is 9.46. The molecule has 0 unspecified atom stereocenters. The summed E-state index contributed by atoms with van der Waals surface area (Å²) in [5.74, 6) is -2.06. The van der Waals surface area contributed by atoms with Crippen LogP contribution in [0, 0.1) is 0 Å². The van der Waals surface area contributed by atoms with Crippen molar-refractivity contribution in [2.75, 3.05) is 6.61 Å². The Bertz CT molecular complexity index is 791. The molecule has 0 aromatic heterocycles. The van der Waals surface area contributed by atoms with Crippen molar-refractivity contribution >= 4 is 54.5 Å². The Morgan fingerprint density at radius 3 is 2.10 bits per heavy atom. The van der Waals surface area contributed by atoms with E-state index in [1.165, 1.54) is 27.7 Å². The van der Waals surface area contributed by atoms with Gasteiger partial charge in [0.25, 0.3) is 0 Å². The van der Waals surface area contributed by atoms with Crippen LogP contribution in [0.1, 0.15) is 27.7 Å². The summed E-state index contributed by atoms with van der Waals surface area (Å²) in [5, 5.41) is 2.31. The Hall–Kier alpha value is -1.90. The van der Waals surface area contributed by atoms with Crippen molar-refractivity contribution in [3.8, 4) is 0 Å². The predicted molar refractivity (Wildman–Crippen MR) is 112 cm³/mol. The van der Waals surface area contributed by atoms with E-state index in [9.17, 15) is 19.2 Å². The fourth-order valence-corrected chi connectivity index (χ4v) is 10.3. The number of esters is 3. The van der Waals surface area contributed by atoms with E-state index in [-0.39, 0.29) is 38.8 Å². The van der Waals surface area contributed by atoms with Crippen LogP contribution < -0.4 is 9.78 Å². The summed E-state index contributed by atoms with van der Waals surface area (Å²) in [6.45, 7) is 4.88. The zero-order chi connectivity index (χ0) is 23.0. The van der Waals surface area contributed by atoms with Gasteiger partial charge in [0.05, 0.1) is 0 Å². The van der Waals surface area contributed by atoms with E-state index >= 15 is 0 Å². The van der Waals surface area contributed by atoms with E-state index in [1.54, 1.807) is 0 Å². The van der Waals surface area contributed by atoms with Crippen molar-refractivity contribution in [1.82, 2.24) is 5.32 Å². The maximum absolute atomic E-state index is 11.9. The summed E-state index contributed by atoms with van der Waals surface area (Å²) in [6.07, 6.45) is -2.88. The van der Waals surface area contributed by atoms with Gasteiger partial charge in [-0.1, -0.05) is 0 Å². The van der Waals surface area contributed by atoms with Gasteiger partial charge in [-0.25, -0.2) is 0 Å². The van der Waals surface area contributed by atoms with Crippen molar-refractivity contribution in [2.24, 2.45) is 0 Å². The standard InChI is InChI=1S/C20H25NO8Se2/c1-11(22)21-17-19(28-14(4)25)18(27-13(3)24)16(10-26-12(2)23)29-20(17)31-30-15-8-6-5-7-9-15/h5-9,16-20H,10H2,1-4H3,(H,21,22)/t16-,17-,18-,19-,20+/m1/s1. The van der Waals surface area contributed by atoms with E-state index < -0.39 is 47.3 Å². The van der Waals surface area contributed by atoms with Crippen molar-refractivity contribution in [1.29, 1.82) is 0 Å². The Morgan fingerprint density at radius 2 is 1.55 bits per heavy atom. The van der Waals surface area contributed by atoms with Crippen LogP contribution in [0.15, 0.2) is 30.3 Å². The normalized spacial score (nSPS) is 25.2. The fourth-order valence-electron chi connectivity index (χ4n) is 2.95. The molecule has 9 nitrogen and oxygen atoms in total. The molecule has 0 aliphatic carbocycles. The molecule has 1 heterocycles. The van der Waals surface area contributed by atoms with Gasteiger partial charge < -0.3 is 0 Å². The van der Waals surface area contributed by atoms with Crippen LogP contribution in [0.2, 0.25) is 0 Å². The zero-order valence-electron chi connectivity index (χ0n) is 17.6. The molecule has 11 heteroatoms. The van der Waals surface area contributed by atoms with Gasteiger partial charge in [0.15, 0.2) is 0 Å². The van der Waals surface area contributed by atoms with Gasteiger partial charge in [-0.05, 0) is 0 Å². The summed E-state index contributed by atoms with van der Waals surface area (Å²) < 4.78 is 23.3. The number of ether oxygens (including phenoxy) is 4. The third-order valence-corrected chi connectivity index (χ3v) is 11.7. The quantitative estimate of drug-likeness (QED) is 0.250. The Balaban J connectivity index is 2.35. The van der Waals surface area contributed by atoms with Gasteiger partial charge >= 0.3 is 192 Å². The van der Waals surface area contributed by atoms with Crippen LogP contribution in [0.3, 0.4) is 0 Å². The van der Waals surface area contributed by atoms with E-state index in [0.29, 0.717) is 0 Å². The molecule has 1 fully saturated rings. The molecular formula is C20H25NO8Se2. The molecule has 170 valence electrons. The zero-order valence-corrected chi connectivity index (χ0v) is 21.0. The van der Waals surface area contributed by atoms with Crippen LogP contribution in [-0.2, 0) is 38.1 Å². The molecule has 31 heavy (non-hydrogen) atoms. The van der Waals surface area contributed by atoms with E-state index in [0.717, 1.165) is 4.46 Å². The van der Waals surface area contributed by atoms with Crippen LogP contribution in [0.25, 0.3) is 0 Å². The number of benzene rings is 1. The molecule has 1 N–H and O–H groups in total. The molecule has 1 aliphatic rings. The van der Waals surface area contributed by atoms with Crippen molar-refractivity contribution < 1.29 is 38.1 Å². The molecule has 1 aliphatic heterocycles. The molecule has 1 aromatic carbocycles. The minimum atomic E-state index is -1.05. The van der Waals surface area contributed by atoms with E-state index in [4.69, 9.17) is 18.9 Å². The van der Waals surface area contributed by atoms with Gasteiger partial charge in [0, 0.05) is 0 Å². The SMILES string of the molecule is CC(=O)N[C@@H]1[C@@H](OC(C)=O)[C@H](OC(C)=O)[C@@H](COC(C)=O)O[C@H]1[Se][Se]c1ccccc1. The van der Waals surface area contributed by atoms with Crippen molar-refractivity contribution in [2.45, 2.75) is 57.1 Å². The number of hydrogen-bond acceptors (Lipinski definition) is 8. The van der Waals surface area contributed by atoms with Gasteiger partial charge in [-0.2, -0.15) is 0 Å². The Labute approximate surface area is 191 Å². The van der Waals surface area contributed by atoms with E-state index in [2.05, 4.69) is 5.32 Å². The predicted octanol–water partition coefficient (Wildman–Crippen LogP) is -0.709. The summed E-state index contributed by atoms with van der Waals surface area (Å²) in [4.78, 5) is 46.9. The van der Waals surface area contributed by atoms with Gasteiger partial charge in [0.1, 0.15) is 0 Å². The van der Waals surface area contributed by atoms with Crippen LogP contribution in [0.4, 0.5) is 0 Å². The first-order valence-corrected chi connectivity index (χ1v) is 15.6. The monoisotopic (exact) mass is 567 g/mol. The second kappa shape index (κ2) is 12.2. The molecule has 5 atom stereocenters. The second-order valence-electron chi connectivity index (χ2n) is 6.71. The van der Waals surface area contributed by atoms with Gasteiger partial charge in [-0.3, -0.25) is 0 Å². The molecule has 0 radical (unpaired) electrons. The molecule has 0 spiro atoms. The van der Waals surface area contributed by atoms with Gasteiger partial charge in [0.2, 0.25) is 0 Å². The van der Waals surface area contributed by atoms with Crippen LogP contribution >= 0.6 is 0 Å². The second-order valence-corrected chi connectivity index (χ2v) is 13.3. The first-order chi connectivity index (χ1) is 14.7. The maximum atomic E-state index is 11.9. The molecular weight excluding hydrogens is 540 g/mol. The molecule has 1 aromatic rings. The number of carbonyl (C=O) groups is 4. The number of carbonyl (C=O) groups excluding carboxylic acids is 4. The summed E-state index contributed by atoms with van der Waals surface area (Å²) in [5.41, 5.74) is 0. The molecule has 0 saturated carbocycles. The van der Waals surface area contributed by atoms with Gasteiger partial charge in [-0.15, -0.1) is 0 Å². The summed E-state index contributed by atoms with van der Waals surface area (Å²) in [7, 11) is 0. The summed E-state index contributed by atoms with van der Waals surface area (Å²) in [6, 6.07) is 9.13. The fraction of sp³-hybridized carbons (Fsp3) is 0.500. The molecule has 1 saturated heterocycles. The number of nitrogens with one attached hydrogen (secondary N) is 1. The average Bonchev–Trinajstić information content (AvgIpc) is 2.68.